The van der Waals surface area contributed by atoms with E-state index in [0.717, 1.165) is 5.56 Å². The largest absolute Gasteiger partial charge is 0.345 e. The summed E-state index contributed by atoms with van der Waals surface area (Å²) < 4.78 is 28.2. The third-order valence-electron chi connectivity index (χ3n) is 3.08. The minimum absolute atomic E-state index is 0.0745. The van der Waals surface area contributed by atoms with Crippen LogP contribution in [0.4, 0.5) is 0 Å². The second-order valence-corrected chi connectivity index (χ2v) is 6.77. The number of rotatable bonds is 7. The van der Waals surface area contributed by atoms with Crippen molar-refractivity contribution in [3.8, 4) is 11.4 Å². The van der Waals surface area contributed by atoms with Crippen LogP contribution < -0.4 is 10.4 Å². The molecule has 2 heterocycles. The van der Waals surface area contributed by atoms with E-state index >= 15 is 0 Å². The molecule has 0 aliphatic heterocycles. The topological polar surface area (TPSA) is 98.9 Å². The molecule has 0 atom stereocenters. The normalized spacial score (nSPS) is 11.7. The van der Waals surface area contributed by atoms with Gasteiger partial charge in [-0.05, 0) is 18.6 Å². The molecule has 0 amide bonds. The molecule has 0 fully saturated rings. The maximum absolute atomic E-state index is 12.1. The molecular formula is C13H19N5O3S. The van der Waals surface area contributed by atoms with E-state index < -0.39 is 10.0 Å². The Hall–Kier alpha value is -2.00. The SMILES string of the molecule is CCCS(=O)(=O)NCCn1nc(-c2cccnc2)n(C)c1=O. The van der Waals surface area contributed by atoms with Gasteiger partial charge in [0.25, 0.3) is 0 Å². The monoisotopic (exact) mass is 325 g/mol. The van der Waals surface area contributed by atoms with Crippen LogP contribution in [0.25, 0.3) is 11.4 Å². The minimum Gasteiger partial charge on any atom is -0.278 e. The van der Waals surface area contributed by atoms with E-state index in [2.05, 4.69) is 14.8 Å². The summed E-state index contributed by atoms with van der Waals surface area (Å²) >= 11 is 0. The molecular weight excluding hydrogens is 306 g/mol. The number of nitrogens with zero attached hydrogens (tertiary/aromatic N) is 4. The van der Waals surface area contributed by atoms with E-state index in [9.17, 15) is 13.2 Å². The molecule has 0 spiro atoms. The predicted molar refractivity (Wildman–Crippen MR) is 82.8 cm³/mol. The molecule has 0 aliphatic rings. The average molecular weight is 325 g/mol. The molecule has 0 aliphatic carbocycles. The van der Waals surface area contributed by atoms with Crippen molar-refractivity contribution < 1.29 is 8.42 Å². The fraction of sp³-hybridized carbons (Fsp3) is 0.462. The number of hydrogen-bond donors (Lipinski definition) is 1. The quantitative estimate of drug-likeness (QED) is 0.771. The van der Waals surface area contributed by atoms with E-state index in [1.54, 1.807) is 32.4 Å². The van der Waals surface area contributed by atoms with Crippen LogP contribution >= 0.6 is 0 Å². The molecule has 9 heteroatoms. The summed E-state index contributed by atoms with van der Waals surface area (Å²) in [6.07, 6.45) is 3.81. The molecule has 0 radical (unpaired) electrons. The van der Waals surface area contributed by atoms with Crippen LogP contribution in [0.2, 0.25) is 0 Å². The summed E-state index contributed by atoms with van der Waals surface area (Å²) in [6, 6.07) is 3.57. The summed E-state index contributed by atoms with van der Waals surface area (Å²) in [5.74, 6) is 0.569. The first-order valence-electron chi connectivity index (χ1n) is 6.96. The van der Waals surface area contributed by atoms with Crippen LogP contribution in [-0.4, -0.2) is 40.0 Å². The Morgan fingerprint density at radius 2 is 2.14 bits per heavy atom. The van der Waals surface area contributed by atoms with E-state index in [1.807, 2.05) is 6.07 Å². The lowest BCUT2D eigenvalue weighted by Gasteiger charge is -2.04. The highest BCUT2D eigenvalue weighted by atomic mass is 32.2. The Bertz CT molecular complexity index is 780. The highest BCUT2D eigenvalue weighted by Crippen LogP contribution is 2.12. The van der Waals surface area contributed by atoms with Crippen molar-refractivity contribution in [1.29, 1.82) is 0 Å². The Balaban J connectivity index is 2.12. The van der Waals surface area contributed by atoms with Gasteiger partial charge in [-0.1, -0.05) is 6.92 Å². The van der Waals surface area contributed by atoms with Crippen molar-refractivity contribution in [3.63, 3.8) is 0 Å². The average Bonchev–Trinajstić information content (AvgIpc) is 2.76. The van der Waals surface area contributed by atoms with Crippen molar-refractivity contribution in [2.24, 2.45) is 7.05 Å². The van der Waals surface area contributed by atoms with Gasteiger partial charge in [0, 0.05) is 31.5 Å². The van der Waals surface area contributed by atoms with Crippen molar-refractivity contribution in [1.82, 2.24) is 24.1 Å². The lowest BCUT2D eigenvalue weighted by atomic mass is 10.3. The number of aromatic nitrogens is 4. The molecule has 0 saturated heterocycles. The molecule has 0 saturated carbocycles. The molecule has 2 aromatic heterocycles. The van der Waals surface area contributed by atoms with Gasteiger partial charge in [0.05, 0.1) is 12.3 Å². The van der Waals surface area contributed by atoms with E-state index in [1.165, 1.54) is 9.25 Å². The first kappa shape index (κ1) is 16.4. The van der Waals surface area contributed by atoms with Crippen LogP contribution in [0.1, 0.15) is 13.3 Å². The number of pyridine rings is 1. The number of nitrogens with one attached hydrogen (secondary N) is 1. The first-order chi connectivity index (χ1) is 10.4. The van der Waals surface area contributed by atoms with Gasteiger partial charge < -0.3 is 0 Å². The third-order valence-corrected chi connectivity index (χ3v) is 4.67. The number of hydrogen-bond acceptors (Lipinski definition) is 5. The zero-order valence-electron chi connectivity index (χ0n) is 12.6. The van der Waals surface area contributed by atoms with Crippen molar-refractivity contribution in [2.75, 3.05) is 12.3 Å². The Labute approximate surface area is 128 Å². The molecule has 120 valence electrons. The number of sulfonamides is 1. The summed E-state index contributed by atoms with van der Waals surface area (Å²) in [5.41, 5.74) is 0.431. The zero-order valence-corrected chi connectivity index (χ0v) is 13.4. The standard InChI is InChI=1S/C13H19N5O3S/c1-3-9-22(20,21)15-7-8-18-13(19)17(2)12(16-18)11-5-4-6-14-10-11/h4-6,10,15H,3,7-9H2,1-2H3. The third kappa shape index (κ3) is 3.80. The lowest BCUT2D eigenvalue weighted by Crippen LogP contribution is -2.32. The van der Waals surface area contributed by atoms with Gasteiger partial charge in [0.1, 0.15) is 0 Å². The molecule has 0 bridgehead atoms. The summed E-state index contributed by atoms with van der Waals surface area (Å²) in [6.45, 7) is 2.10. The maximum atomic E-state index is 12.1. The van der Waals surface area contributed by atoms with Gasteiger partial charge in [-0.25, -0.2) is 22.6 Å². The van der Waals surface area contributed by atoms with E-state index in [4.69, 9.17) is 0 Å². The van der Waals surface area contributed by atoms with Crippen LogP contribution in [0, 0.1) is 0 Å². The Morgan fingerprint density at radius 1 is 1.36 bits per heavy atom. The van der Waals surface area contributed by atoms with Gasteiger partial charge in [0.15, 0.2) is 5.82 Å². The molecule has 2 aromatic rings. The molecule has 0 unspecified atom stereocenters. The summed E-state index contributed by atoms with van der Waals surface area (Å²) in [7, 11) is -1.66. The highest BCUT2D eigenvalue weighted by Gasteiger charge is 2.13. The van der Waals surface area contributed by atoms with Gasteiger partial charge in [-0.2, -0.15) is 0 Å². The Kier molecular flexibility index (Phi) is 5.09. The van der Waals surface area contributed by atoms with Crippen molar-refractivity contribution in [2.45, 2.75) is 19.9 Å². The van der Waals surface area contributed by atoms with Crippen molar-refractivity contribution in [3.05, 3.63) is 35.0 Å². The van der Waals surface area contributed by atoms with Crippen molar-refractivity contribution >= 4 is 10.0 Å². The summed E-state index contributed by atoms with van der Waals surface area (Å²) in [4.78, 5) is 16.1. The van der Waals surface area contributed by atoms with Crippen LogP contribution in [0.15, 0.2) is 29.3 Å². The van der Waals surface area contributed by atoms with Gasteiger partial charge in [-0.15, -0.1) is 5.10 Å². The van der Waals surface area contributed by atoms with E-state index in [0.29, 0.717) is 12.2 Å². The predicted octanol–water partition coefficient (Wildman–Crippen LogP) is -0.0268. The molecule has 8 nitrogen and oxygen atoms in total. The van der Waals surface area contributed by atoms with Gasteiger partial charge in [0.2, 0.25) is 10.0 Å². The second-order valence-electron chi connectivity index (χ2n) is 4.84. The molecule has 0 aromatic carbocycles. The Morgan fingerprint density at radius 3 is 2.77 bits per heavy atom. The second kappa shape index (κ2) is 6.84. The summed E-state index contributed by atoms with van der Waals surface area (Å²) in [5, 5.41) is 4.24. The molecule has 1 N–H and O–H groups in total. The van der Waals surface area contributed by atoms with Gasteiger partial charge >= 0.3 is 5.69 Å². The fourth-order valence-electron chi connectivity index (χ4n) is 2.03. The highest BCUT2D eigenvalue weighted by molar-refractivity contribution is 7.89. The van der Waals surface area contributed by atoms with Crippen LogP contribution in [0.5, 0.6) is 0 Å². The lowest BCUT2D eigenvalue weighted by molar-refractivity contribution is 0.550. The zero-order chi connectivity index (χ0) is 16.2. The molecule has 22 heavy (non-hydrogen) atoms. The first-order valence-corrected chi connectivity index (χ1v) is 8.61. The van der Waals surface area contributed by atoms with E-state index in [-0.39, 0.29) is 24.5 Å². The fourth-order valence-corrected chi connectivity index (χ4v) is 3.11. The smallest absolute Gasteiger partial charge is 0.278 e. The van der Waals surface area contributed by atoms with Crippen LogP contribution in [-0.2, 0) is 23.6 Å². The minimum atomic E-state index is -3.28. The van der Waals surface area contributed by atoms with Crippen LogP contribution in [0.3, 0.4) is 0 Å². The van der Waals surface area contributed by atoms with Gasteiger partial charge in [-0.3, -0.25) is 9.55 Å². The molecule has 2 rings (SSSR count). The maximum Gasteiger partial charge on any atom is 0.345 e.